The van der Waals surface area contributed by atoms with Crippen molar-refractivity contribution < 1.29 is 4.74 Å². The minimum Gasteiger partial charge on any atom is -0.497 e. The maximum Gasteiger partial charge on any atom is 0.118 e. The molecule has 2 heteroatoms. The van der Waals surface area contributed by atoms with E-state index in [0.717, 1.165) is 16.9 Å². The second-order valence-electron chi connectivity index (χ2n) is 5.89. The van der Waals surface area contributed by atoms with Crippen LogP contribution in [0.5, 0.6) is 5.75 Å². The molecule has 0 aliphatic rings. The molecule has 0 spiro atoms. The van der Waals surface area contributed by atoms with Crippen LogP contribution in [0.15, 0.2) is 42.5 Å². The van der Waals surface area contributed by atoms with Gasteiger partial charge in [0.1, 0.15) is 5.75 Å². The van der Waals surface area contributed by atoms with E-state index in [4.69, 9.17) is 4.74 Å². The Balaban J connectivity index is 2.53. The van der Waals surface area contributed by atoms with E-state index in [2.05, 4.69) is 32.9 Å². The quantitative estimate of drug-likeness (QED) is 0.799. The molecule has 2 nitrogen and oxygen atoms in total. The first-order valence-electron chi connectivity index (χ1n) is 6.64. The average Bonchev–Trinajstić information content (AvgIpc) is 2.46. The zero-order chi connectivity index (χ0) is 14.8. The van der Waals surface area contributed by atoms with E-state index >= 15 is 0 Å². The molecular weight excluding hydrogens is 246 g/mol. The molecule has 2 aromatic carbocycles. The topological polar surface area (TPSA) is 33.0 Å². The van der Waals surface area contributed by atoms with Gasteiger partial charge >= 0.3 is 0 Å². The molecule has 0 saturated carbocycles. The molecule has 0 radical (unpaired) electrons. The van der Waals surface area contributed by atoms with Crippen LogP contribution in [0, 0.1) is 11.3 Å². The minimum absolute atomic E-state index is 0.0219. The highest BCUT2D eigenvalue weighted by atomic mass is 16.5. The first kappa shape index (κ1) is 14.1. The molecule has 2 aromatic rings. The van der Waals surface area contributed by atoms with Crippen molar-refractivity contribution in [1.82, 2.24) is 0 Å². The predicted octanol–water partition coefficient (Wildman–Crippen LogP) is 4.53. The zero-order valence-electron chi connectivity index (χ0n) is 12.4. The van der Waals surface area contributed by atoms with Gasteiger partial charge in [-0.2, -0.15) is 5.26 Å². The van der Waals surface area contributed by atoms with Crippen molar-refractivity contribution in [2.45, 2.75) is 26.2 Å². The van der Waals surface area contributed by atoms with Crippen LogP contribution in [0.25, 0.3) is 11.1 Å². The van der Waals surface area contributed by atoms with Gasteiger partial charge in [0, 0.05) is 0 Å². The predicted molar refractivity (Wildman–Crippen MR) is 81.8 cm³/mol. The highest BCUT2D eigenvalue weighted by molar-refractivity contribution is 5.67. The number of hydrogen-bond donors (Lipinski definition) is 0. The summed E-state index contributed by atoms with van der Waals surface area (Å²) in [5.74, 6) is 0.834. The summed E-state index contributed by atoms with van der Waals surface area (Å²) in [6.07, 6.45) is 0. The monoisotopic (exact) mass is 265 g/mol. The van der Waals surface area contributed by atoms with Gasteiger partial charge in [-0.15, -0.1) is 0 Å². The molecular formula is C18H19NO. The Morgan fingerprint density at radius 1 is 0.950 bits per heavy atom. The van der Waals surface area contributed by atoms with Gasteiger partial charge in [0.2, 0.25) is 0 Å². The molecule has 0 amide bonds. The van der Waals surface area contributed by atoms with Crippen molar-refractivity contribution in [3.63, 3.8) is 0 Å². The van der Waals surface area contributed by atoms with Crippen LogP contribution in [0.1, 0.15) is 31.9 Å². The van der Waals surface area contributed by atoms with Crippen LogP contribution in [0.2, 0.25) is 0 Å². The SMILES string of the molecule is COc1ccc(-c2cc(C#N)cc(C(C)(C)C)c2)cc1. The summed E-state index contributed by atoms with van der Waals surface area (Å²) in [4.78, 5) is 0. The highest BCUT2D eigenvalue weighted by Crippen LogP contribution is 2.30. The molecule has 2 rings (SSSR count). The second kappa shape index (κ2) is 5.38. The summed E-state index contributed by atoms with van der Waals surface area (Å²) in [5, 5.41) is 9.21. The summed E-state index contributed by atoms with van der Waals surface area (Å²) in [6.45, 7) is 6.46. The van der Waals surface area contributed by atoms with Crippen LogP contribution < -0.4 is 4.74 Å². The lowest BCUT2D eigenvalue weighted by Crippen LogP contribution is -2.11. The summed E-state index contributed by atoms with van der Waals surface area (Å²) < 4.78 is 5.18. The zero-order valence-corrected chi connectivity index (χ0v) is 12.4. The Morgan fingerprint density at radius 2 is 1.60 bits per heavy atom. The van der Waals surface area contributed by atoms with E-state index in [0.29, 0.717) is 5.56 Å². The lowest BCUT2D eigenvalue weighted by molar-refractivity contribution is 0.415. The number of benzene rings is 2. The smallest absolute Gasteiger partial charge is 0.118 e. The van der Waals surface area contributed by atoms with Crippen LogP contribution in [0.4, 0.5) is 0 Å². The van der Waals surface area contributed by atoms with Crippen LogP contribution >= 0.6 is 0 Å². The lowest BCUT2D eigenvalue weighted by atomic mass is 9.84. The van der Waals surface area contributed by atoms with E-state index < -0.39 is 0 Å². The molecule has 0 fully saturated rings. The minimum atomic E-state index is 0.0219. The van der Waals surface area contributed by atoms with Crippen molar-refractivity contribution in [2.24, 2.45) is 0 Å². The van der Waals surface area contributed by atoms with Gasteiger partial charge in [-0.3, -0.25) is 0 Å². The van der Waals surface area contributed by atoms with Gasteiger partial charge in [0.15, 0.2) is 0 Å². The molecule has 0 aliphatic carbocycles. The summed E-state index contributed by atoms with van der Waals surface area (Å²) >= 11 is 0. The summed E-state index contributed by atoms with van der Waals surface area (Å²) in [6, 6.07) is 16.2. The molecule has 20 heavy (non-hydrogen) atoms. The van der Waals surface area contributed by atoms with Gasteiger partial charge in [-0.25, -0.2) is 0 Å². The Bertz CT molecular complexity index is 643. The third kappa shape index (κ3) is 3.00. The third-order valence-corrected chi connectivity index (χ3v) is 3.35. The molecule has 0 bridgehead atoms. The Hall–Kier alpha value is -2.27. The van der Waals surface area contributed by atoms with E-state index in [1.165, 1.54) is 5.56 Å². The lowest BCUT2D eigenvalue weighted by Gasteiger charge is -2.20. The Labute approximate surface area is 120 Å². The van der Waals surface area contributed by atoms with E-state index in [1.54, 1.807) is 7.11 Å². The van der Waals surface area contributed by atoms with Gasteiger partial charge in [-0.1, -0.05) is 39.0 Å². The number of nitrogens with zero attached hydrogens (tertiary/aromatic N) is 1. The van der Waals surface area contributed by atoms with E-state index in [-0.39, 0.29) is 5.41 Å². The molecule has 0 saturated heterocycles. The molecule has 0 aromatic heterocycles. The standard InChI is InChI=1S/C18H19NO/c1-18(2,3)16-10-13(12-19)9-15(11-16)14-5-7-17(20-4)8-6-14/h5-11H,1-4H3. The largest absolute Gasteiger partial charge is 0.497 e. The Kier molecular flexibility index (Phi) is 3.81. The maximum absolute atomic E-state index is 9.21. The maximum atomic E-state index is 9.21. The van der Waals surface area contributed by atoms with Crippen molar-refractivity contribution in [3.05, 3.63) is 53.6 Å². The van der Waals surface area contributed by atoms with Crippen LogP contribution in [-0.2, 0) is 5.41 Å². The number of rotatable bonds is 2. The van der Waals surface area contributed by atoms with E-state index in [9.17, 15) is 5.26 Å². The van der Waals surface area contributed by atoms with Crippen LogP contribution in [-0.4, -0.2) is 7.11 Å². The fraction of sp³-hybridized carbons (Fsp3) is 0.278. The fourth-order valence-corrected chi connectivity index (χ4v) is 2.08. The molecule has 102 valence electrons. The third-order valence-electron chi connectivity index (χ3n) is 3.35. The molecule has 0 N–H and O–H groups in total. The van der Waals surface area contributed by atoms with Gasteiger partial charge in [0.05, 0.1) is 18.7 Å². The molecule has 0 unspecified atom stereocenters. The van der Waals surface area contributed by atoms with Crippen molar-refractivity contribution >= 4 is 0 Å². The average molecular weight is 265 g/mol. The van der Waals surface area contributed by atoms with Gasteiger partial charge in [-0.05, 0) is 46.4 Å². The van der Waals surface area contributed by atoms with Gasteiger partial charge < -0.3 is 4.74 Å². The number of ether oxygens (including phenoxy) is 1. The van der Waals surface area contributed by atoms with E-state index in [1.807, 2.05) is 36.4 Å². The Morgan fingerprint density at radius 3 is 2.10 bits per heavy atom. The highest BCUT2D eigenvalue weighted by Gasteiger charge is 2.15. The first-order valence-corrected chi connectivity index (χ1v) is 6.64. The summed E-state index contributed by atoms with van der Waals surface area (Å²) in [7, 11) is 1.66. The molecule has 0 atom stereocenters. The summed E-state index contributed by atoms with van der Waals surface area (Å²) in [5.41, 5.74) is 4.05. The first-order chi connectivity index (χ1) is 9.44. The molecule has 0 heterocycles. The fourth-order valence-electron chi connectivity index (χ4n) is 2.08. The van der Waals surface area contributed by atoms with Gasteiger partial charge in [0.25, 0.3) is 0 Å². The molecule has 0 aliphatic heterocycles. The number of methoxy groups -OCH3 is 1. The number of hydrogen-bond acceptors (Lipinski definition) is 2. The van der Waals surface area contributed by atoms with Crippen LogP contribution in [0.3, 0.4) is 0 Å². The second-order valence-corrected chi connectivity index (χ2v) is 5.89. The van der Waals surface area contributed by atoms with Crippen molar-refractivity contribution in [2.75, 3.05) is 7.11 Å². The van der Waals surface area contributed by atoms with Crippen molar-refractivity contribution in [3.8, 4) is 22.9 Å². The normalized spacial score (nSPS) is 10.9. The van der Waals surface area contributed by atoms with Crippen molar-refractivity contribution in [1.29, 1.82) is 5.26 Å². The number of nitriles is 1.